The molecule has 0 saturated carbocycles. The van der Waals surface area contributed by atoms with Gasteiger partial charge in [0.05, 0.1) is 39.4 Å². The zero-order valence-corrected chi connectivity index (χ0v) is 30.4. The molecule has 2 aliphatic heterocycles. The van der Waals surface area contributed by atoms with Crippen LogP contribution in [0.15, 0.2) is 47.3 Å². The Balaban J connectivity index is 1.21. The number of halogens is 1. The molecule has 6 rings (SSSR count). The third-order valence-electron chi connectivity index (χ3n) is 9.13. The standard InChI is InChI=1S/C33H43BrN10O3S/c1-21(2)48(45,46)41-31-26(7-6-25-30(31)36-11-10-35-25)38-32-24(34)20-37-33(40-32)39-27-18-22(3)28(19-29(27)47-5)44-12-8-23(9-13-44)43-16-14-42(4)15-17-43/h6-7,10-11,18-21,23,41H,8-9,12-17H2,1-5H3,(H2,37,38,39,40). The Morgan fingerprint density at radius 3 is 2.40 bits per heavy atom. The summed E-state index contributed by atoms with van der Waals surface area (Å²) in [6.45, 7) is 12.0. The molecule has 0 spiro atoms. The van der Waals surface area contributed by atoms with Gasteiger partial charge in [-0.1, -0.05) is 0 Å². The number of benzene rings is 2. The molecule has 2 aliphatic rings. The van der Waals surface area contributed by atoms with Gasteiger partial charge < -0.3 is 25.2 Å². The lowest BCUT2D eigenvalue weighted by Gasteiger charge is -2.43. The third-order valence-corrected chi connectivity index (χ3v) is 11.4. The first-order chi connectivity index (χ1) is 23.0. The zero-order valence-electron chi connectivity index (χ0n) is 28.0. The molecule has 2 fully saturated rings. The van der Waals surface area contributed by atoms with Crippen molar-refractivity contribution in [3.05, 3.63) is 52.9 Å². The maximum absolute atomic E-state index is 12.9. The predicted octanol–water partition coefficient (Wildman–Crippen LogP) is 5.35. The van der Waals surface area contributed by atoms with Crippen molar-refractivity contribution in [1.82, 2.24) is 29.7 Å². The average Bonchev–Trinajstić information content (AvgIpc) is 3.08. The van der Waals surface area contributed by atoms with Crippen molar-refractivity contribution < 1.29 is 13.2 Å². The van der Waals surface area contributed by atoms with Gasteiger partial charge in [0.1, 0.15) is 17.1 Å². The first-order valence-electron chi connectivity index (χ1n) is 16.2. The monoisotopic (exact) mass is 738 g/mol. The van der Waals surface area contributed by atoms with Gasteiger partial charge in [-0.05, 0) is 80.4 Å². The molecular weight excluding hydrogens is 696 g/mol. The van der Waals surface area contributed by atoms with Crippen LogP contribution in [-0.4, -0.2) is 103 Å². The maximum Gasteiger partial charge on any atom is 0.235 e. The lowest BCUT2D eigenvalue weighted by Crippen LogP contribution is -2.52. The van der Waals surface area contributed by atoms with Crippen molar-refractivity contribution in [2.45, 2.75) is 44.9 Å². The molecule has 0 bridgehead atoms. The molecule has 256 valence electrons. The minimum absolute atomic E-state index is 0.287. The highest BCUT2D eigenvalue weighted by atomic mass is 79.9. The molecule has 0 radical (unpaired) electrons. The Bertz CT molecular complexity index is 1880. The van der Waals surface area contributed by atoms with E-state index in [2.05, 4.69) is 87.0 Å². The number of ether oxygens (including phenoxy) is 1. The Kier molecular flexibility index (Phi) is 10.2. The van der Waals surface area contributed by atoms with E-state index in [0.29, 0.717) is 44.8 Å². The van der Waals surface area contributed by atoms with E-state index in [1.54, 1.807) is 45.5 Å². The van der Waals surface area contributed by atoms with Crippen LogP contribution in [0.3, 0.4) is 0 Å². The van der Waals surface area contributed by atoms with Crippen LogP contribution in [0.25, 0.3) is 11.0 Å². The number of hydrogen-bond donors (Lipinski definition) is 3. The second-order valence-corrected chi connectivity index (χ2v) is 15.7. The number of nitrogens with zero attached hydrogens (tertiary/aromatic N) is 7. The highest BCUT2D eigenvalue weighted by Crippen LogP contribution is 2.38. The lowest BCUT2D eigenvalue weighted by atomic mass is 10.0. The SMILES string of the molecule is COc1cc(N2CCC(N3CCN(C)CC3)CC2)c(C)cc1Nc1ncc(Br)c(Nc2ccc3nccnc3c2NS(=O)(=O)C(C)C)n1. The molecular formula is C33H43BrN10O3S. The van der Waals surface area contributed by atoms with Gasteiger partial charge in [0.25, 0.3) is 0 Å². The van der Waals surface area contributed by atoms with Crippen molar-refractivity contribution in [1.29, 1.82) is 0 Å². The topological polar surface area (TPSA) is 141 Å². The van der Waals surface area contributed by atoms with Crippen molar-refractivity contribution >= 4 is 71.5 Å². The Morgan fingerprint density at radius 1 is 0.958 bits per heavy atom. The van der Waals surface area contributed by atoms with Crippen molar-refractivity contribution in [3.8, 4) is 5.75 Å². The summed E-state index contributed by atoms with van der Waals surface area (Å²) in [6, 6.07) is 8.32. The zero-order chi connectivity index (χ0) is 34.0. The summed E-state index contributed by atoms with van der Waals surface area (Å²) < 4.78 is 35.0. The fourth-order valence-corrected chi connectivity index (χ4v) is 7.23. The highest BCUT2D eigenvalue weighted by Gasteiger charge is 2.28. The van der Waals surface area contributed by atoms with E-state index in [9.17, 15) is 8.42 Å². The van der Waals surface area contributed by atoms with E-state index in [0.717, 1.165) is 63.4 Å². The van der Waals surface area contributed by atoms with Crippen LogP contribution in [0.5, 0.6) is 5.75 Å². The van der Waals surface area contributed by atoms with Crippen molar-refractivity contribution in [2.75, 3.05) is 73.7 Å². The molecule has 48 heavy (non-hydrogen) atoms. The molecule has 15 heteroatoms. The first-order valence-corrected chi connectivity index (χ1v) is 18.5. The van der Waals surface area contributed by atoms with Gasteiger partial charge in [-0.3, -0.25) is 19.6 Å². The molecule has 13 nitrogen and oxygen atoms in total. The normalized spacial score (nSPS) is 16.8. The number of aryl methyl sites for hydroxylation is 1. The molecule has 0 amide bonds. The fraction of sp³-hybridized carbons (Fsp3) is 0.455. The maximum atomic E-state index is 12.9. The highest BCUT2D eigenvalue weighted by molar-refractivity contribution is 9.10. The number of hydrogen-bond acceptors (Lipinski definition) is 12. The molecule has 0 aliphatic carbocycles. The number of methoxy groups -OCH3 is 1. The van der Waals surface area contributed by atoms with Gasteiger partial charge in [0, 0.05) is 75.7 Å². The summed E-state index contributed by atoms with van der Waals surface area (Å²) in [6.07, 6.45) is 7.03. The van der Waals surface area contributed by atoms with Crippen LogP contribution in [0.4, 0.5) is 34.5 Å². The molecule has 0 unspecified atom stereocenters. The van der Waals surface area contributed by atoms with Gasteiger partial charge in [-0.25, -0.2) is 13.4 Å². The number of anilines is 6. The summed E-state index contributed by atoms with van der Waals surface area (Å²) in [7, 11) is 0.180. The van der Waals surface area contributed by atoms with Crippen LogP contribution in [0.1, 0.15) is 32.3 Å². The molecule has 2 aromatic heterocycles. The molecule has 3 N–H and O–H groups in total. The molecule has 2 saturated heterocycles. The number of fused-ring (bicyclic) bond motifs is 1. The molecule has 4 aromatic rings. The van der Waals surface area contributed by atoms with Gasteiger partial charge in [0.15, 0.2) is 0 Å². The third kappa shape index (κ3) is 7.43. The van der Waals surface area contributed by atoms with E-state index >= 15 is 0 Å². The van der Waals surface area contributed by atoms with Crippen LogP contribution in [-0.2, 0) is 10.0 Å². The van der Waals surface area contributed by atoms with E-state index in [-0.39, 0.29) is 5.69 Å². The number of sulfonamides is 1. The quantitative estimate of drug-likeness (QED) is 0.193. The van der Waals surface area contributed by atoms with Crippen LogP contribution in [0.2, 0.25) is 0 Å². The number of nitrogens with one attached hydrogen (secondary N) is 3. The van der Waals surface area contributed by atoms with Crippen LogP contribution >= 0.6 is 15.9 Å². The number of piperazine rings is 1. The van der Waals surface area contributed by atoms with Gasteiger partial charge in [-0.2, -0.15) is 4.98 Å². The smallest absolute Gasteiger partial charge is 0.235 e. The fourth-order valence-electron chi connectivity index (χ4n) is 6.21. The molecule has 2 aromatic carbocycles. The van der Waals surface area contributed by atoms with Crippen LogP contribution in [0, 0.1) is 6.92 Å². The summed E-state index contributed by atoms with van der Waals surface area (Å²) in [5, 5.41) is 5.94. The Morgan fingerprint density at radius 2 is 1.69 bits per heavy atom. The van der Waals surface area contributed by atoms with E-state index in [1.165, 1.54) is 11.9 Å². The molecule has 4 heterocycles. The number of rotatable bonds is 10. The van der Waals surface area contributed by atoms with Crippen LogP contribution < -0.4 is 25.0 Å². The minimum atomic E-state index is -3.69. The first kappa shape index (κ1) is 34.1. The lowest BCUT2D eigenvalue weighted by molar-refractivity contribution is 0.0982. The summed E-state index contributed by atoms with van der Waals surface area (Å²) in [5.41, 5.74) is 4.76. The van der Waals surface area contributed by atoms with Gasteiger partial charge in [-0.15, -0.1) is 0 Å². The summed E-state index contributed by atoms with van der Waals surface area (Å²) in [5.74, 6) is 1.46. The Labute approximate surface area is 290 Å². The predicted molar refractivity (Wildman–Crippen MR) is 196 cm³/mol. The number of piperidine rings is 1. The molecule has 0 atom stereocenters. The van der Waals surface area contributed by atoms with Crippen molar-refractivity contribution in [3.63, 3.8) is 0 Å². The van der Waals surface area contributed by atoms with E-state index < -0.39 is 15.3 Å². The van der Waals surface area contributed by atoms with E-state index in [4.69, 9.17) is 9.72 Å². The number of aromatic nitrogens is 4. The Hall–Kier alpha value is -3.79. The number of likely N-dealkylation sites (N-methyl/N-ethyl adjacent to an activating group) is 1. The van der Waals surface area contributed by atoms with Gasteiger partial charge in [0.2, 0.25) is 16.0 Å². The van der Waals surface area contributed by atoms with Crippen molar-refractivity contribution in [2.24, 2.45) is 0 Å². The summed E-state index contributed by atoms with van der Waals surface area (Å²) >= 11 is 3.54. The second-order valence-electron chi connectivity index (χ2n) is 12.6. The average molecular weight is 740 g/mol. The summed E-state index contributed by atoms with van der Waals surface area (Å²) in [4.78, 5) is 25.5. The van der Waals surface area contributed by atoms with Gasteiger partial charge >= 0.3 is 0 Å². The largest absolute Gasteiger partial charge is 0.494 e. The second kappa shape index (κ2) is 14.4. The minimum Gasteiger partial charge on any atom is -0.494 e. The van der Waals surface area contributed by atoms with E-state index in [1.807, 2.05) is 0 Å².